The van der Waals surface area contributed by atoms with Crippen LogP contribution in [0.3, 0.4) is 0 Å². The van der Waals surface area contributed by atoms with E-state index in [1.165, 1.54) is 0 Å². The minimum atomic E-state index is -5.07. The van der Waals surface area contributed by atoms with E-state index >= 15 is 0 Å². The van der Waals surface area contributed by atoms with Gasteiger partial charge in [0.25, 0.3) is 0 Å². The summed E-state index contributed by atoms with van der Waals surface area (Å²) in [6, 6.07) is 11.2. The Morgan fingerprint density at radius 2 is 1.74 bits per heavy atom. The predicted molar refractivity (Wildman–Crippen MR) is 100 cm³/mol. The monoisotopic (exact) mass is 443 g/mol. The van der Waals surface area contributed by atoms with Gasteiger partial charge in [-0.1, -0.05) is 30.3 Å². The highest BCUT2D eigenvalue weighted by molar-refractivity contribution is 5.88. The summed E-state index contributed by atoms with van der Waals surface area (Å²) in [5, 5.41) is 31.7. The van der Waals surface area contributed by atoms with Crippen LogP contribution in [0.2, 0.25) is 0 Å². The first-order chi connectivity index (χ1) is 14.5. The number of benzene rings is 2. The number of carbonyl (C=O) groups excluding carboxylic acids is 1. The number of carboxylic acid groups (broad SMARTS) is 1. The number of aliphatic hydroxyl groups excluding tert-OH is 2. The van der Waals surface area contributed by atoms with Crippen LogP contribution in [0.4, 0.5) is 18.0 Å². The number of nitrogens with one attached hydrogen (secondary N) is 1. The lowest BCUT2D eigenvalue weighted by molar-refractivity contribution is -0.274. The highest BCUT2D eigenvalue weighted by Crippen LogP contribution is 2.29. The van der Waals surface area contributed by atoms with Crippen LogP contribution in [-0.4, -0.2) is 46.4 Å². The van der Waals surface area contributed by atoms with Crippen molar-refractivity contribution in [1.29, 1.82) is 0 Å². The van der Waals surface area contributed by atoms with Gasteiger partial charge in [0.1, 0.15) is 18.5 Å². The number of carboxylic acids is 1. The van der Waals surface area contributed by atoms with Crippen molar-refractivity contribution < 1.29 is 47.6 Å². The molecule has 2 atom stereocenters. The zero-order valence-corrected chi connectivity index (χ0v) is 16.0. The molecule has 0 radical (unpaired) electrons. The minimum absolute atomic E-state index is 0.0296. The maximum atomic E-state index is 12.4. The molecule has 0 saturated carbocycles. The van der Waals surface area contributed by atoms with Crippen LogP contribution in [0.25, 0.3) is 0 Å². The van der Waals surface area contributed by atoms with Crippen LogP contribution < -0.4 is 10.1 Å². The van der Waals surface area contributed by atoms with Crippen LogP contribution in [0.1, 0.15) is 34.0 Å². The third kappa shape index (κ3) is 8.15. The van der Waals surface area contributed by atoms with Gasteiger partial charge in [-0.25, -0.2) is 9.59 Å². The summed E-state index contributed by atoms with van der Waals surface area (Å²) in [5.41, 5.74) is -0.0905. The summed E-state index contributed by atoms with van der Waals surface area (Å²) in [4.78, 5) is 22.8. The second-order valence-corrected chi connectivity index (χ2v) is 6.43. The first-order valence-electron chi connectivity index (χ1n) is 9.00. The fourth-order valence-corrected chi connectivity index (χ4v) is 2.59. The Bertz CT molecular complexity index is 890. The fraction of sp³-hybridized carbons (Fsp3) is 0.300. The van der Waals surface area contributed by atoms with Gasteiger partial charge in [0.2, 0.25) is 0 Å². The summed E-state index contributed by atoms with van der Waals surface area (Å²) in [5.74, 6) is -2.39. The Hall–Kier alpha value is -3.31. The average molecular weight is 443 g/mol. The largest absolute Gasteiger partial charge is 0.573 e. The van der Waals surface area contributed by atoms with Gasteiger partial charge < -0.3 is 30.1 Å². The average Bonchev–Trinajstić information content (AvgIpc) is 2.70. The molecule has 2 unspecified atom stereocenters. The van der Waals surface area contributed by atoms with E-state index in [1.54, 1.807) is 30.3 Å². The number of aromatic carboxylic acids is 1. The number of amides is 1. The number of aliphatic hydroxyl groups is 2. The number of hydrogen-bond donors (Lipinski definition) is 4. The third-order valence-corrected chi connectivity index (χ3v) is 4.04. The van der Waals surface area contributed by atoms with Crippen molar-refractivity contribution in [3.8, 4) is 5.75 Å². The molecule has 168 valence electrons. The van der Waals surface area contributed by atoms with E-state index in [0.717, 1.165) is 17.7 Å². The topological polar surface area (TPSA) is 125 Å². The summed E-state index contributed by atoms with van der Waals surface area (Å²) in [7, 11) is 0. The number of halogens is 3. The number of rotatable bonds is 9. The molecule has 8 nitrogen and oxygen atoms in total. The van der Waals surface area contributed by atoms with E-state index in [0.29, 0.717) is 6.07 Å². The van der Waals surface area contributed by atoms with Crippen LogP contribution >= 0.6 is 0 Å². The molecule has 31 heavy (non-hydrogen) atoms. The molecule has 0 aliphatic rings. The molecule has 2 aromatic carbocycles. The Morgan fingerprint density at radius 1 is 1.06 bits per heavy atom. The third-order valence-electron chi connectivity index (χ3n) is 4.04. The van der Waals surface area contributed by atoms with Crippen molar-refractivity contribution in [2.45, 2.75) is 31.6 Å². The Morgan fingerprint density at radius 3 is 2.35 bits per heavy atom. The zero-order chi connectivity index (χ0) is 23.0. The number of alkyl carbamates (subject to hydrolysis) is 1. The molecule has 0 saturated heterocycles. The second-order valence-electron chi connectivity index (χ2n) is 6.43. The normalized spacial score (nSPS) is 13.2. The standard InChI is InChI=1S/C20H20F3NO7/c21-20(22,23)31-15-9-13(8-14(10-15)18(27)28)17(26)16(25)6-7-24-19(29)30-11-12-4-2-1-3-5-12/h1-5,8-10,16-17,25-26H,6-7,11H2,(H,24,29)(H,27,28). The molecule has 0 aliphatic heterocycles. The summed E-state index contributed by atoms with van der Waals surface area (Å²) >= 11 is 0. The molecule has 0 bridgehead atoms. The van der Waals surface area contributed by atoms with Crippen LogP contribution in [0.5, 0.6) is 5.75 Å². The van der Waals surface area contributed by atoms with Crippen molar-refractivity contribution in [1.82, 2.24) is 5.32 Å². The quantitative estimate of drug-likeness (QED) is 0.470. The maximum Gasteiger partial charge on any atom is 0.573 e. The molecule has 0 aliphatic carbocycles. The lowest BCUT2D eigenvalue weighted by atomic mass is 9.99. The van der Waals surface area contributed by atoms with Gasteiger partial charge in [-0.2, -0.15) is 0 Å². The molecule has 2 aromatic rings. The Kier molecular flexibility index (Phi) is 8.22. The van der Waals surface area contributed by atoms with Crippen LogP contribution in [0.15, 0.2) is 48.5 Å². The Balaban J connectivity index is 1.92. The SMILES string of the molecule is O=C(NCCC(O)C(O)c1cc(OC(F)(F)F)cc(C(=O)O)c1)OCc1ccccc1. The molecular weight excluding hydrogens is 423 g/mol. The molecular formula is C20H20F3NO7. The lowest BCUT2D eigenvalue weighted by Crippen LogP contribution is -2.30. The van der Waals surface area contributed by atoms with E-state index in [-0.39, 0.29) is 25.1 Å². The first-order valence-corrected chi connectivity index (χ1v) is 9.00. The van der Waals surface area contributed by atoms with E-state index in [2.05, 4.69) is 10.1 Å². The van der Waals surface area contributed by atoms with Crippen LogP contribution in [-0.2, 0) is 11.3 Å². The number of carbonyl (C=O) groups is 2. The van der Waals surface area contributed by atoms with E-state index < -0.39 is 41.9 Å². The summed E-state index contributed by atoms with van der Waals surface area (Å²) < 4.78 is 46.0. The predicted octanol–water partition coefficient (Wildman–Crippen LogP) is 2.99. The molecule has 2 rings (SSSR count). The zero-order valence-electron chi connectivity index (χ0n) is 16.0. The van der Waals surface area contributed by atoms with Crippen molar-refractivity contribution >= 4 is 12.1 Å². The van der Waals surface area contributed by atoms with Crippen molar-refractivity contribution in [3.63, 3.8) is 0 Å². The van der Waals surface area contributed by atoms with Crippen molar-refractivity contribution in [2.75, 3.05) is 6.54 Å². The molecule has 0 fully saturated rings. The second kappa shape index (κ2) is 10.6. The maximum absolute atomic E-state index is 12.4. The van der Waals surface area contributed by atoms with Gasteiger partial charge in [0.05, 0.1) is 11.7 Å². The van der Waals surface area contributed by atoms with E-state index in [4.69, 9.17) is 9.84 Å². The van der Waals surface area contributed by atoms with E-state index in [9.17, 15) is 33.0 Å². The summed E-state index contributed by atoms with van der Waals surface area (Å²) in [6.45, 7) is -0.0851. The van der Waals surface area contributed by atoms with Gasteiger partial charge in [0, 0.05) is 6.54 Å². The Labute approximate surface area is 174 Å². The molecule has 0 heterocycles. The number of hydrogen-bond acceptors (Lipinski definition) is 6. The van der Waals surface area contributed by atoms with E-state index in [1.807, 2.05) is 0 Å². The van der Waals surface area contributed by atoms with Gasteiger partial charge in [0.15, 0.2) is 0 Å². The van der Waals surface area contributed by atoms with Gasteiger partial charge in [-0.15, -0.1) is 13.2 Å². The minimum Gasteiger partial charge on any atom is -0.478 e. The van der Waals surface area contributed by atoms with Crippen LogP contribution in [0, 0.1) is 0 Å². The van der Waals surface area contributed by atoms with Crippen molar-refractivity contribution in [3.05, 3.63) is 65.2 Å². The fourth-order valence-electron chi connectivity index (χ4n) is 2.59. The van der Waals surface area contributed by atoms with Crippen molar-refractivity contribution in [2.24, 2.45) is 0 Å². The van der Waals surface area contributed by atoms with Gasteiger partial charge in [-0.3, -0.25) is 0 Å². The molecule has 11 heteroatoms. The van der Waals surface area contributed by atoms with Gasteiger partial charge >= 0.3 is 18.4 Å². The first kappa shape index (κ1) is 24.0. The summed E-state index contributed by atoms with van der Waals surface area (Å²) in [6.07, 6.45) is -9.26. The smallest absolute Gasteiger partial charge is 0.478 e. The molecule has 1 amide bonds. The number of alkyl halides is 3. The molecule has 0 spiro atoms. The highest BCUT2D eigenvalue weighted by Gasteiger charge is 2.32. The molecule has 0 aromatic heterocycles. The van der Waals surface area contributed by atoms with Gasteiger partial charge in [-0.05, 0) is 35.7 Å². The highest BCUT2D eigenvalue weighted by atomic mass is 19.4. The molecule has 4 N–H and O–H groups in total. The number of ether oxygens (including phenoxy) is 2. The lowest BCUT2D eigenvalue weighted by Gasteiger charge is -2.20.